The fraction of sp³-hybridized carbons (Fsp3) is 0.333. The molecule has 2 aliphatic rings. The Balaban J connectivity index is 1.19. The summed E-state index contributed by atoms with van der Waals surface area (Å²) in [4.78, 5) is 32.9. The van der Waals surface area contributed by atoms with Crippen molar-refractivity contribution >= 4 is 23.1 Å². The molecule has 0 radical (unpaired) electrons. The lowest BCUT2D eigenvalue weighted by Gasteiger charge is -2.41. The number of thiophene rings is 1. The number of ether oxygens (including phenoxy) is 2. The highest BCUT2D eigenvalue weighted by molar-refractivity contribution is 7.09. The lowest BCUT2D eigenvalue weighted by atomic mass is 10.1. The number of hydrogen-bond acceptors (Lipinski definition) is 9. The van der Waals surface area contributed by atoms with Crippen molar-refractivity contribution in [3.8, 4) is 17.4 Å². The number of amides is 1. The average Bonchev–Trinajstić information content (AvgIpc) is 3.73. The van der Waals surface area contributed by atoms with E-state index >= 15 is 0 Å². The van der Waals surface area contributed by atoms with Gasteiger partial charge in [-0.05, 0) is 42.5 Å². The summed E-state index contributed by atoms with van der Waals surface area (Å²) in [5.41, 5.74) is 1.83. The van der Waals surface area contributed by atoms with E-state index in [4.69, 9.17) is 14.5 Å². The molecule has 196 valence electrons. The molecule has 6 rings (SSSR count). The zero-order valence-corrected chi connectivity index (χ0v) is 21.9. The van der Waals surface area contributed by atoms with Gasteiger partial charge in [-0.2, -0.15) is 4.98 Å². The van der Waals surface area contributed by atoms with Crippen molar-refractivity contribution in [2.75, 3.05) is 37.9 Å². The van der Waals surface area contributed by atoms with Crippen LogP contribution in [0.15, 0.2) is 60.5 Å². The van der Waals surface area contributed by atoms with Crippen LogP contribution < -0.4 is 19.7 Å². The highest BCUT2D eigenvalue weighted by Crippen LogP contribution is 2.32. The molecule has 5 heterocycles. The Morgan fingerprint density at radius 3 is 2.92 bits per heavy atom. The Kier molecular flexibility index (Phi) is 6.93. The number of carbonyl (C=O) groups excluding carboxylic acids is 1. The van der Waals surface area contributed by atoms with Crippen LogP contribution in [-0.2, 0) is 17.8 Å². The number of nitrogens with zero attached hydrogens (tertiary/aromatic N) is 6. The number of anilines is 1. The van der Waals surface area contributed by atoms with Crippen molar-refractivity contribution in [2.45, 2.75) is 25.9 Å². The lowest BCUT2D eigenvalue weighted by molar-refractivity contribution is -0.126. The van der Waals surface area contributed by atoms with E-state index in [0.29, 0.717) is 24.8 Å². The first-order valence-electron chi connectivity index (χ1n) is 12.6. The van der Waals surface area contributed by atoms with Gasteiger partial charge < -0.3 is 19.7 Å². The minimum atomic E-state index is -0.315. The van der Waals surface area contributed by atoms with Crippen LogP contribution in [0.25, 0.3) is 5.95 Å². The van der Waals surface area contributed by atoms with Gasteiger partial charge in [0, 0.05) is 61.8 Å². The maximum absolute atomic E-state index is 13.6. The first kappa shape index (κ1) is 24.4. The number of carbonyl (C=O) groups is 1. The van der Waals surface area contributed by atoms with E-state index in [9.17, 15) is 4.79 Å². The fourth-order valence-electron chi connectivity index (χ4n) is 4.80. The normalized spacial score (nSPS) is 17.1. The van der Waals surface area contributed by atoms with Crippen LogP contribution in [0.5, 0.6) is 11.5 Å². The molecule has 1 N–H and O–H groups in total. The highest BCUT2D eigenvalue weighted by Gasteiger charge is 2.33. The van der Waals surface area contributed by atoms with E-state index in [-0.39, 0.29) is 18.7 Å². The van der Waals surface area contributed by atoms with Crippen molar-refractivity contribution in [3.05, 3.63) is 76.6 Å². The van der Waals surface area contributed by atoms with Crippen LogP contribution >= 0.6 is 11.3 Å². The summed E-state index contributed by atoms with van der Waals surface area (Å²) in [5, 5.41) is 5.25. The van der Waals surface area contributed by atoms with E-state index in [1.807, 2.05) is 37.4 Å². The second kappa shape index (κ2) is 10.8. The minimum Gasteiger partial charge on any atom is -0.454 e. The summed E-state index contributed by atoms with van der Waals surface area (Å²) in [6.45, 7) is 5.50. The van der Waals surface area contributed by atoms with Gasteiger partial charge in [-0.15, -0.1) is 11.3 Å². The molecule has 1 fully saturated rings. The number of hydrogen-bond donors (Lipinski definition) is 1. The number of benzene rings is 1. The van der Waals surface area contributed by atoms with Crippen molar-refractivity contribution in [1.82, 2.24) is 29.7 Å². The third-order valence-corrected chi connectivity index (χ3v) is 7.75. The van der Waals surface area contributed by atoms with Gasteiger partial charge in [-0.3, -0.25) is 14.3 Å². The SMILES string of the molecule is Cc1cc(N2CCN(CCc3cccs3)C(C(=O)NCc3ccc4c(c3)OCO4)C2)nc(-n2ccnc2)n1. The standard InChI is InChI=1S/C27H29N7O3S/c1-19-13-25(31-27(30-19)34-9-7-28-17-34)33-11-10-32(8-6-21-3-2-12-38-21)22(16-33)26(35)29-15-20-4-5-23-24(14-20)37-18-36-23/h2-5,7,9,12-14,17,22H,6,8,10-11,15-16,18H2,1H3,(H,29,35). The van der Waals surface area contributed by atoms with Crippen LogP contribution in [-0.4, -0.2) is 69.3 Å². The molecule has 4 aromatic rings. The van der Waals surface area contributed by atoms with Crippen LogP contribution in [0.3, 0.4) is 0 Å². The molecule has 0 saturated carbocycles. The number of aryl methyl sites for hydroxylation is 1. The summed E-state index contributed by atoms with van der Waals surface area (Å²) >= 11 is 1.75. The molecule has 0 spiro atoms. The largest absolute Gasteiger partial charge is 0.454 e. The van der Waals surface area contributed by atoms with Gasteiger partial charge in [0.15, 0.2) is 11.5 Å². The van der Waals surface area contributed by atoms with Gasteiger partial charge in [0.1, 0.15) is 18.2 Å². The van der Waals surface area contributed by atoms with Crippen LogP contribution in [0, 0.1) is 6.92 Å². The van der Waals surface area contributed by atoms with Crippen LogP contribution in [0.4, 0.5) is 5.82 Å². The third-order valence-electron chi connectivity index (χ3n) is 6.81. The predicted molar refractivity (Wildman–Crippen MR) is 144 cm³/mol. The molecule has 1 unspecified atom stereocenters. The molecule has 0 aliphatic carbocycles. The molecule has 3 aromatic heterocycles. The molecule has 1 atom stereocenters. The zero-order chi connectivity index (χ0) is 25.9. The molecule has 1 amide bonds. The maximum atomic E-state index is 13.6. The highest BCUT2D eigenvalue weighted by atomic mass is 32.1. The van der Waals surface area contributed by atoms with Crippen molar-refractivity contribution in [1.29, 1.82) is 0 Å². The average molecular weight is 532 g/mol. The Labute approximate surface area is 224 Å². The summed E-state index contributed by atoms with van der Waals surface area (Å²) < 4.78 is 12.7. The molecule has 2 aliphatic heterocycles. The van der Waals surface area contributed by atoms with Gasteiger partial charge in [-0.25, -0.2) is 9.97 Å². The van der Waals surface area contributed by atoms with Gasteiger partial charge >= 0.3 is 0 Å². The van der Waals surface area contributed by atoms with Crippen LogP contribution in [0.1, 0.15) is 16.1 Å². The zero-order valence-electron chi connectivity index (χ0n) is 21.1. The number of aromatic nitrogens is 4. The lowest BCUT2D eigenvalue weighted by Crippen LogP contribution is -2.59. The van der Waals surface area contributed by atoms with E-state index in [1.54, 1.807) is 28.4 Å². The third kappa shape index (κ3) is 5.34. The van der Waals surface area contributed by atoms with Crippen molar-refractivity contribution in [3.63, 3.8) is 0 Å². The van der Waals surface area contributed by atoms with Crippen molar-refractivity contribution in [2.24, 2.45) is 0 Å². The van der Waals surface area contributed by atoms with Crippen LogP contribution in [0.2, 0.25) is 0 Å². The van der Waals surface area contributed by atoms with E-state index in [1.165, 1.54) is 4.88 Å². The van der Waals surface area contributed by atoms with Crippen molar-refractivity contribution < 1.29 is 14.3 Å². The molecule has 11 heteroatoms. The quantitative estimate of drug-likeness (QED) is 0.371. The van der Waals surface area contributed by atoms with Gasteiger partial charge in [0.25, 0.3) is 0 Å². The summed E-state index contributed by atoms with van der Waals surface area (Å²) in [6, 6.07) is 11.6. The molecule has 1 saturated heterocycles. The predicted octanol–water partition coefficient (Wildman–Crippen LogP) is 2.81. The van der Waals surface area contributed by atoms with Gasteiger partial charge in [0.2, 0.25) is 18.6 Å². The number of imidazole rings is 1. The van der Waals surface area contributed by atoms with E-state index in [2.05, 4.69) is 42.6 Å². The number of piperazine rings is 1. The smallest absolute Gasteiger partial charge is 0.239 e. The minimum absolute atomic E-state index is 0.000780. The Morgan fingerprint density at radius 2 is 2.08 bits per heavy atom. The number of nitrogens with one attached hydrogen (secondary N) is 1. The Hall–Kier alpha value is -3.96. The van der Waals surface area contributed by atoms with E-state index < -0.39 is 0 Å². The second-order valence-corrected chi connectivity index (χ2v) is 10.4. The molecule has 0 bridgehead atoms. The summed E-state index contributed by atoms with van der Waals surface area (Å²) in [7, 11) is 0. The van der Waals surface area contributed by atoms with E-state index in [0.717, 1.165) is 48.9 Å². The monoisotopic (exact) mass is 531 g/mol. The maximum Gasteiger partial charge on any atom is 0.239 e. The first-order chi connectivity index (χ1) is 18.6. The summed E-state index contributed by atoms with van der Waals surface area (Å²) in [6.07, 6.45) is 6.14. The van der Waals surface area contributed by atoms with Gasteiger partial charge in [-0.1, -0.05) is 12.1 Å². The molecule has 38 heavy (non-hydrogen) atoms. The van der Waals surface area contributed by atoms with Gasteiger partial charge in [0.05, 0.1) is 0 Å². The Bertz CT molecular complexity index is 1390. The fourth-order valence-corrected chi connectivity index (χ4v) is 5.50. The first-order valence-corrected chi connectivity index (χ1v) is 13.5. The number of rotatable bonds is 8. The molecular formula is C27H29N7O3S. The molecule has 1 aromatic carbocycles. The summed E-state index contributed by atoms with van der Waals surface area (Å²) in [5.74, 6) is 2.83. The topological polar surface area (TPSA) is 97.6 Å². The molecular weight excluding hydrogens is 502 g/mol. The number of fused-ring (bicyclic) bond motifs is 1. The second-order valence-electron chi connectivity index (χ2n) is 9.37. The Morgan fingerprint density at radius 1 is 1.16 bits per heavy atom. The molecule has 10 nitrogen and oxygen atoms in total.